The number of hydrogen-bond acceptors (Lipinski definition) is 4. The van der Waals surface area contributed by atoms with Crippen LogP contribution in [0.1, 0.15) is 51.9 Å². The van der Waals surface area contributed by atoms with E-state index in [9.17, 15) is 27.6 Å². The van der Waals surface area contributed by atoms with Crippen LogP contribution >= 0.6 is 0 Å². The fourth-order valence-electron chi connectivity index (χ4n) is 3.48. The Morgan fingerprint density at radius 3 is 2.40 bits per heavy atom. The van der Waals surface area contributed by atoms with E-state index in [1.165, 1.54) is 12.8 Å². The summed E-state index contributed by atoms with van der Waals surface area (Å²) in [5.41, 5.74) is -0.547. The molecule has 30 heavy (non-hydrogen) atoms. The molecule has 0 saturated heterocycles. The van der Waals surface area contributed by atoms with Gasteiger partial charge >= 0.3 is 5.97 Å². The lowest BCUT2D eigenvalue weighted by molar-refractivity contribution is -0.153. The van der Waals surface area contributed by atoms with Crippen molar-refractivity contribution in [2.75, 3.05) is 18.5 Å². The Kier molecular flexibility index (Phi) is 9.14. The Bertz CT molecular complexity index is 765. The third kappa shape index (κ3) is 7.03. The predicted octanol–water partition coefficient (Wildman–Crippen LogP) is 3.70. The van der Waals surface area contributed by atoms with Crippen LogP contribution in [0.2, 0.25) is 0 Å². The minimum Gasteiger partial charge on any atom is -0.455 e. The topological polar surface area (TPSA) is 84.5 Å². The van der Waals surface area contributed by atoms with Crippen LogP contribution < -0.4 is 10.6 Å². The average Bonchev–Trinajstić information content (AvgIpc) is 2.75. The molecule has 6 nitrogen and oxygen atoms in total. The summed E-state index contributed by atoms with van der Waals surface area (Å²) in [5, 5.41) is 4.24. The lowest BCUT2D eigenvalue weighted by Gasteiger charge is -2.27. The molecule has 9 heteroatoms. The van der Waals surface area contributed by atoms with Crippen molar-refractivity contribution in [3.8, 4) is 0 Å². The van der Waals surface area contributed by atoms with Crippen LogP contribution in [0, 0.1) is 29.3 Å². The van der Waals surface area contributed by atoms with E-state index < -0.39 is 54.1 Å². The molecule has 0 aliphatic heterocycles. The first-order valence-electron chi connectivity index (χ1n) is 10.2. The van der Waals surface area contributed by atoms with Gasteiger partial charge in [-0.15, -0.1) is 0 Å². The minimum absolute atomic E-state index is 0.213. The highest BCUT2D eigenvalue weighted by Gasteiger charge is 2.27. The quantitative estimate of drug-likeness (QED) is 0.464. The largest absolute Gasteiger partial charge is 0.455 e. The van der Waals surface area contributed by atoms with Gasteiger partial charge in [0.1, 0.15) is 0 Å². The maximum absolute atomic E-state index is 13.5. The molecule has 1 saturated carbocycles. The number of hydrogen-bond donors (Lipinski definition) is 2. The second kappa shape index (κ2) is 11.6. The number of halogens is 3. The first-order chi connectivity index (χ1) is 14.3. The van der Waals surface area contributed by atoms with E-state index in [2.05, 4.69) is 12.2 Å². The van der Waals surface area contributed by atoms with Gasteiger partial charge in [-0.3, -0.25) is 14.4 Å². The van der Waals surface area contributed by atoms with Gasteiger partial charge in [-0.1, -0.05) is 26.2 Å². The predicted molar refractivity (Wildman–Crippen MR) is 104 cm³/mol. The summed E-state index contributed by atoms with van der Waals surface area (Å²) in [4.78, 5) is 35.6. The van der Waals surface area contributed by atoms with Crippen molar-refractivity contribution in [1.82, 2.24) is 5.32 Å². The molecule has 0 spiro atoms. The third-order valence-electron chi connectivity index (χ3n) is 5.25. The van der Waals surface area contributed by atoms with Crippen LogP contribution in [0.3, 0.4) is 0 Å². The maximum Gasteiger partial charge on any atom is 0.309 e. The molecular weight excluding hydrogens is 401 g/mol. The summed E-state index contributed by atoms with van der Waals surface area (Å²) in [6, 6.07) is 1.54. The van der Waals surface area contributed by atoms with Gasteiger partial charge in [0.05, 0.1) is 18.2 Å². The number of benzene rings is 1. The Morgan fingerprint density at radius 1 is 1.03 bits per heavy atom. The molecule has 166 valence electrons. The number of rotatable bonds is 9. The minimum atomic E-state index is -1.71. The number of amides is 2. The first kappa shape index (κ1) is 23.7. The fraction of sp³-hybridized carbons (Fsp3) is 0.571. The molecule has 1 aromatic carbocycles. The second-order valence-electron chi connectivity index (χ2n) is 7.52. The Morgan fingerprint density at radius 2 is 1.73 bits per heavy atom. The monoisotopic (exact) mass is 428 g/mol. The standard InChI is InChI=1S/C21H27F3N2O4/c1-2-3-4-13-5-7-14(8-6-13)21(29)30-12-18(28)25-11-17(27)26-16-10-9-15(22)19(23)20(16)24/h9-10,13-14H,2-8,11-12H2,1H3,(H,25,28)(H,26,27). The number of ether oxygens (including phenoxy) is 1. The van der Waals surface area contributed by atoms with Gasteiger partial charge in [-0.2, -0.15) is 0 Å². The van der Waals surface area contributed by atoms with Gasteiger partial charge in [0.15, 0.2) is 24.1 Å². The molecular formula is C21H27F3N2O4. The highest BCUT2D eigenvalue weighted by molar-refractivity contribution is 5.95. The lowest BCUT2D eigenvalue weighted by Crippen LogP contribution is -2.36. The maximum atomic E-state index is 13.5. The highest BCUT2D eigenvalue weighted by Crippen LogP contribution is 2.32. The van der Waals surface area contributed by atoms with Crippen LogP contribution in [-0.2, 0) is 19.1 Å². The summed E-state index contributed by atoms with van der Waals surface area (Å²) in [7, 11) is 0. The zero-order valence-corrected chi connectivity index (χ0v) is 16.9. The molecule has 0 atom stereocenters. The van der Waals surface area contributed by atoms with E-state index in [1.54, 1.807) is 0 Å². The van der Waals surface area contributed by atoms with E-state index in [0.717, 1.165) is 38.2 Å². The number of nitrogens with one attached hydrogen (secondary N) is 2. The average molecular weight is 428 g/mol. The van der Waals surface area contributed by atoms with E-state index >= 15 is 0 Å². The van der Waals surface area contributed by atoms with Crippen LogP contribution in [-0.4, -0.2) is 30.9 Å². The molecule has 2 rings (SSSR count). The number of carbonyl (C=O) groups is 3. The molecule has 0 aromatic heterocycles. The molecule has 2 N–H and O–H groups in total. The number of unbranched alkanes of at least 4 members (excludes halogenated alkanes) is 1. The van der Waals surface area contributed by atoms with Crippen LogP contribution in [0.4, 0.5) is 18.9 Å². The number of carbonyl (C=O) groups excluding carboxylic acids is 3. The summed E-state index contributed by atoms with van der Waals surface area (Å²) >= 11 is 0. The molecule has 0 radical (unpaired) electrons. The number of esters is 1. The number of anilines is 1. The Hall–Kier alpha value is -2.58. The zero-order chi connectivity index (χ0) is 22.1. The van der Waals surface area contributed by atoms with Gasteiger partial charge in [0.2, 0.25) is 5.91 Å². The van der Waals surface area contributed by atoms with Crippen LogP contribution in [0.15, 0.2) is 12.1 Å². The van der Waals surface area contributed by atoms with Gasteiger partial charge in [0.25, 0.3) is 5.91 Å². The van der Waals surface area contributed by atoms with Gasteiger partial charge in [-0.05, 0) is 43.7 Å². The molecule has 1 aromatic rings. The molecule has 0 heterocycles. The lowest BCUT2D eigenvalue weighted by atomic mass is 9.80. The molecule has 0 unspecified atom stereocenters. The van der Waals surface area contributed by atoms with Crippen molar-refractivity contribution in [2.24, 2.45) is 11.8 Å². The molecule has 2 amide bonds. The third-order valence-corrected chi connectivity index (χ3v) is 5.25. The molecule has 1 fully saturated rings. The first-order valence-corrected chi connectivity index (χ1v) is 10.2. The molecule has 1 aliphatic carbocycles. The normalized spacial score (nSPS) is 18.5. The smallest absolute Gasteiger partial charge is 0.309 e. The molecule has 1 aliphatic rings. The van der Waals surface area contributed by atoms with E-state index in [0.29, 0.717) is 12.0 Å². The van der Waals surface area contributed by atoms with Gasteiger partial charge in [-0.25, -0.2) is 13.2 Å². The summed E-state index contributed by atoms with van der Waals surface area (Å²) < 4.78 is 44.6. The van der Waals surface area contributed by atoms with Gasteiger partial charge < -0.3 is 15.4 Å². The zero-order valence-electron chi connectivity index (χ0n) is 16.9. The fourth-order valence-corrected chi connectivity index (χ4v) is 3.48. The SMILES string of the molecule is CCCCC1CCC(C(=O)OCC(=O)NCC(=O)Nc2ccc(F)c(F)c2F)CC1. The van der Waals surface area contributed by atoms with E-state index in [4.69, 9.17) is 4.74 Å². The summed E-state index contributed by atoms with van der Waals surface area (Å²) in [6.45, 7) is 1.08. The van der Waals surface area contributed by atoms with Crippen molar-refractivity contribution >= 4 is 23.5 Å². The Balaban J connectivity index is 1.67. The summed E-state index contributed by atoms with van der Waals surface area (Å²) in [5.74, 6) is -6.14. The van der Waals surface area contributed by atoms with E-state index in [1.807, 2.05) is 5.32 Å². The van der Waals surface area contributed by atoms with Crippen molar-refractivity contribution in [1.29, 1.82) is 0 Å². The van der Waals surface area contributed by atoms with Gasteiger partial charge in [0, 0.05) is 0 Å². The van der Waals surface area contributed by atoms with Crippen LogP contribution in [0.25, 0.3) is 0 Å². The summed E-state index contributed by atoms with van der Waals surface area (Å²) in [6.07, 6.45) is 6.98. The highest BCUT2D eigenvalue weighted by atomic mass is 19.2. The second-order valence-corrected chi connectivity index (χ2v) is 7.52. The van der Waals surface area contributed by atoms with Crippen molar-refractivity contribution in [3.63, 3.8) is 0 Å². The van der Waals surface area contributed by atoms with Crippen LogP contribution in [0.5, 0.6) is 0 Å². The van der Waals surface area contributed by atoms with Crippen molar-refractivity contribution in [2.45, 2.75) is 51.9 Å². The van der Waals surface area contributed by atoms with E-state index in [-0.39, 0.29) is 5.92 Å². The molecule has 0 bridgehead atoms. The van der Waals surface area contributed by atoms with Crippen molar-refractivity contribution < 1.29 is 32.3 Å². The Labute approximate surface area is 173 Å². The van der Waals surface area contributed by atoms with Crippen molar-refractivity contribution in [3.05, 3.63) is 29.6 Å².